The van der Waals surface area contributed by atoms with E-state index in [2.05, 4.69) is 15.5 Å². The highest BCUT2D eigenvalue weighted by atomic mass is 35.5. The molecule has 8 heteroatoms. The van der Waals surface area contributed by atoms with Crippen molar-refractivity contribution in [2.75, 3.05) is 0 Å². The molecule has 106 valence electrons. The van der Waals surface area contributed by atoms with Gasteiger partial charge in [-0.25, -0.2) is 9.07 Å². The van der Waals surface area contributed by atoms with Gasteiger partial charge in [0.15, 0.2) is 5.82 Å². The maximum Gasteiger partial charge on any atom is 0.303 e. The number of tetrazole rings is 1. The molecule has 6 nitrogen and oxygen atoms in total. The average Bonchev–Trinajstić information content (AvgIpc) is 2.76. The number of aliphatic carboxylic acids is 1. The van der Waals surface area contributed by atoms with Gasteiger partial charge in [-0.3, -0.25) is 4.79 Å². The Balaban J connectivity index is 2.31. The minimum atomic E-state index is -0.906. The second kappa shape index (κ2) is 5.96. The molecule has 0 radical (unpaired) electrons. The SMILES string of the molecule is CC(CC(=O)O)Cn1nnnc1-c1c(F)cccc1Cl. The number of carbonyl (C=O) groups is 1. The maximum atomic E-state index is 13.9. The van der Waals surface area contributed by atoms with Crippen LogP contribution < -0.4 is 0 Å². The lowest BCUT2D eigenvalue weighted by Gasteiger charge is -2.11. The summed E-state index contributed by atoms with van der Waals surface area (Å²) in [6.07, 6.45) is -0.0235. The van der Waals surface area contributed by atoms with Gasteiger partial charge in [0.1, 0.15) is 5.82 Å². The minimum absolute atomic E-state index is 0.0235. The second-order valence-electron chi connectivity index (χ2n) is 4.48. The number of hydrogen-bond donors (Lipinski definition) is 1. The van der Waals surface area contributed by atoms with Gasteiger partial charge in [0, 0.05) is 13.0 Å². The van der Waals surface area contributed by atoms with E-state index in [9.17, 15) is 9.18 Å². The van der Waals surface area contributed by atoms with E-state index < -0.39 is 11.8 Å². The van der Waals surface area contributed by atoms with Gasteiger partial charge in [-0.15, -0.1) is 5.10 Å². The van der Waals surface area contributed by atoms with Crippen molar-refractivity contribution in [3.05, 3.63) is 29.0 Å². The zero-order chi connectivity index (χ0) is 14.7. The molecule has 1 aromatic carbocycles. The second-order valence-corrected chi connectivity index (χ2v) is 4.89. The third kappa shape index (κ3) is 3.11. The largest absolute Gasteiger partial charge is 0.481 e. The van der Waals surface area contributed by atoms with Crippen molar-refractivity contribution in [3.8, 4) is 11.4 Å². The van der Waals surface area contributed by atoms with Crippen molar-refractivity contribution in [2.24, 2.45) is 5.92 Å². The van der Waals surface area contributed by atoms with Crippen LogP contribution >= 0.6 is 11.6 Å². The van der Waals surface area contributed by atoms with Crippen molar-refractivity contribution in [3.63, 3.8) is 0 Å². The average molecular weight is 299 g/mol. The molecule has 20 heavy (non-hydrogen) atoms. The van der Waals surface area contributed by atoms with Crippen LogP contribution in [0.4, 0.5) is 4.39 Å². The highest BCUT2D eigenvalue weighted by Gasteiger charge is 2.19. The highest BCUT2D eigenvalue weighted by molar-refractivity contribution is 6.33. The molecule has 2 aromatic rings. The van der Waals surface area contributed by atoms with Gasteiger partial charge >= 0.3 is 5.97 Å². The first-order valence-electron chi connectivity index (χ1n) is 5.91. The molecule has 0 aliphatic carbocycles. The number of nitrogens with zero attached hydrogens (tertiary/aromatic N) is 4. The van der Waals surface area contributed by atoms with E-state index in [1.807, 2.05) is 0 Å². The number of benzene rings is 1. The van der Waals surface area contributed by atoms with Crippen LogP contribution in [0.2, 0.25) is 5.02 Å². The monoisotopic (exact) mass is 298 g/mol. The Hall–Kier alpha value is -2.02. The molecule has 1 aromatic heterocycles. The van der Waals surface area contributed by atoms with E-state index in [-0.39, 0.29) is 35.3 Å². The van der Waals surface area contributed by atoms with Gasteiger partial charge in [-0.2, -0.15) is 0 Å². The molecule has 2 rings (SSSR count). The number of hydrogen-bond acceptors (Lipinski definition) is 4. The quantitative estimate of drug-likeness (QED) is 0.915. The molecule has 1 unspecified atom stereocenters. The van der Waals surface area contributed by atoms with Gasteiger partial charge in [0.2, 0.25) is 0 Å². The van der Waals surface area contributed by atoms with Gasteiger partial charge in [0.25, 0.3) is 0 Å². The summed E-state index contributed by atoms with van der Waals surface area (Å²) in [7, 11) is 0. The van der Waals surface area contributed by atoms with Crippen LogP contribution in [0.1, 0.15) is 13.3 Å². The molecule has 0 fully saturated rings. The lowest BCUT2D eigenvalue weighted by Crippen LogP contribution is -2.14. The predicted octanol–water partition coefficient (Wildman–Crippen LogP) is 2.24. The van der Waals surface area contributed by atoms with Crippen molar-refractivity contribution < 1.29 is 14.3 Å². The molecular weight excluding hydrogens is 287 g/mol. The molecule has 0 aliphatic rings. The van der Waals surface area contributed by atoms with Crippen LogP contribution in [0.3, 0.4) is 0 Å². The Labute approximate surface area is 119 Å². The Kier molecular flexibility index (Phi) is 4.29. The predicted molar refractivity (Wildman–Crippen MR) is 69.6 cm³/mol. The van der Waals surface area contributed by atoms with Crippen LogP contribution in [0.15, 0.2) is 18.2 Å². The Bertz CT molecular complexity index is 611. The van der Waals surface area contributed by atoms with E-state index in [4.69, 9.17) is 16.7 Å². The first-order valence-corrected chi connectivity index (χ1v) is 6.29. The summed E-state index contributed by atoms with van der Waals surface area (Å²) in [4.78, 5) is 10.7. The zero-order valence-corrected chi connectivity index (χ0v) is 11.4. The third-order valence-corrected chi connectivity index (χ3v) is 3.04. The maximum absolute atomic E-state index is 13.9. The number of halogens is 2. The van der Waals surface area contributed by atoms with Crippen LogP contribution in [-0.4, -0.2) is 31.3 Å². The van der Waals surface area contributed by atoms with Gasteiger partial charge in [-0.1, -0.05) is 24.6 Å². The van der Waals surface area contributed by atoms with E-state index in [0.717, 1.165) is 0 Å². The summed E-state index contributed by atoms with van der Waals surface area (Å²) < 4.78 is 15.2. The Morgan fingerprint density at radius 1 is 1.55 bits per heavy atom. The van der Waals surface area contributed by atoms with Crippen molar-refractivity contribution >= 4 is 17.6 Å². The molecule has 0 spiro atoms. The van der Waals surface area contributed by atoms with E-state index in [1.54, 1.807) is 13.0 Å². The van der Waals surface area contributed by atoms with Gasteiger partial charge < -0.3 is 5.11 Å². The van der Waals surface area contributed by atoms with Gasteiger partial charge in [-0.05, 0) is 28.5 Å². The molecule has 0 saturated carbocycles. The van der Waals surface area contributed by atoms with E-state index in [0.29, 0.717) is 0 Å². The van der Waals surface area contributed by atoms with Gasteiger partial charge in [0.05, 0.1) is 10.6 Å². The highest BCUT2D eigenvalue weighted by Crippen LogP contribution is 2.28. The lowest BCUT2D eigenvalue weighted by atomic mass is 10.1. The van der Waals surface area contributed by atoms with E-state index >= 15 is 0 Å². The number of aromatic nitrogens is 4. The minimum Gasteiger partial charge on any atom is -0.481 e. The fraction of sp³-hybridized carbons (Fsp3) is 0.333. The van der Waals surface area contributed by atoms with E-state index in [1.165, 1.54) is 16.8 Å². The Morgan fingerprint density at radius 3 is 2.95 bits per heavy atom. The molecule has 1 heterocycles. The third-order valence-electron chi connectivity index (χ3n) is 2.73. The number of rotatable bonds is 5. The molecule has 0 amide bonds. The van der Waals surface area contributed by atoms with Crippen molar-refractivity contribution in [1.82, 2.24) is 20.2 Å². The Morgan fingerprint density at radius 2 is 2.30 bits per heavy atom. The summed E-state index contributed by atoms with van der Waals surface area (Å²) in [6, 6.07) is 4.29. The summed E-state index contributed by atoms with van der Waals surface area (Å²) in [5.74, 6) is -1.44. The summed E-state index contributed by atoms with van der Waals surface area (Å²) in [6.45, 7) is 2.02. The van der Waals surface area contributed by atoms with Crippen LogP contribution in [0.25, 0.3) is 11.4 Å². The molecular formula is C12H12ClFN4O2. The fourth-order valence-electron chi connectivity index (χ4n) is 1.88. The van der Waals surface area contributed by atoms with Crippen LogP contribution in [-0.2, 0) is 11.3 Å². The summed E-state index contributed by atoms with van der Waals surface area (Å²) in [5.41, 5.74) is 0.113. The molecule has 0 aliphatic heterocycles. The normalized spacial score (nSPS) is 12.3. The fourth-order valence-corrected chi connectivity index (χ4v) is 2.12. The summed E-state index contributed by atoms with van der Waals surface area (Å²) in [5, 5.41) is 20.0. The molecule has 1 N–H and O–H groups in total. The van der Waals surface area contributed by atoms with Crippen LogP contribution in [0.5, 0.6) is 0 Å². The number of carboxylic acids is 1. The standard InChI is InChI=1S/C12H12ClFN4O2/c1-7(5-10(19)20)6-18-12(15-16-17-18)11-8(13)3-2-4-9(11)14/h2-4,7H,5-6H2,1H3,(H,19,20). The van der Waals surface area contributed by atoms with Crippen molar-refractivity contribution in [2.45, 2.75) is 19.9 Å². The molecule has 1 atom stereocenters. The zero-order valence-electron chi connectivity index (χ0n) is 10.6. The first kappa shape index (κ1) is 14.4. The van der Waals surface area contributed by atoms with Crippen molar-refractivity contribution in [1.29, 1.82) is 0 Å². The number of carboxylic acid groups (broad SMARTS) is 1. The molecule has 0 saturated heterocycles. The van der Waals surface area contributed by atoms with Crippen LogP contribution in [0, 0.1) is 11.7 Å². The smallest absolute Gasteiger partial charge is 0.303 e. The first-order chi connectivity index (χ1) is 9.49. The lowest BCUT2D eigenvalue weighted by molar-refractivity contribution is -0.138. The summed E-state index contributed by atoms with van der Waals surface area (Å²) >= 11 is 5.97. The topological polar surface area (TPSA) is 80.9 Å². The molecule has 0 bridgehead atoms.